The third-order valence-corrected chi connectivity index (χ3v) is 4.96. The average Bonchev–Trinajstić information content (AvgIpc) is 3.00. The Kier molecular flexibility index (Phi) is 5.18. The minimum Gasteiger partial charge on any atom is -0.361 e. The Morgan fingerprint density at radius 3 is 2.58 bits per heavy atom. The molecule has 3 rings (SSSR count). The van der Waals surface area contributed by atoms with E-state index in [1.165, 1.54) is 0 Å². The quantitative estimate of drug-likeness (QED) is 0.821. The van der Waals surface area contributed by atoms with Crippen LogP contribution in [-0.2, 0) is 16.1 Å². The molecule has 1 aromatic rings. The van der Waals surface area contributed by atoms with Crippen molar-refractivity contribution >= 4 is 11.8 Å². The summed E-state index contributed by atoms with van der Waals surface area (Å²) in [6.07, 6.45) is 1.81. The van der Waals surface area contributed by atoms with Crippen molar-refractivity contribution in [3.05, 3.63) is 17.5 Å². The van der Waals surface area contributed by atoms with Crippen LogP contribution in [0.15, 0.2) is 10.6 Å². The molecular weight excluding hydrogens is 308 g/mol. The van der Waals surface area contributed by atoms with Gasteiger partial charge in [0.15, 0.2) is 0 Å². The van der Waals surface area contributed by atoms with Crippen LogP contribution in [-0.4, -0.2) is 70.9 Å². The van der Waals surface area contributed by atoms with Crippen molar-refractivity contribution in [3.8, 4) is 0 Å². The molecule has 7 nitrogen and oxygen atoms in total. The molecule has 0 unspecified atom stereocenters. The number of aromatic nitrogens is 1. The Balaban J connectivity index is 1.49. The molecule has 1 aromatic heterocycles. The van der Waals surface area contributed by atoms with Crippen molar-refractivity contribution in [1.82, 2.24) is 19.9 Å². The molecule has 7 heteroatoms. The Morgan fingerprint density at radius 2 is 1.96 bits per heavy atom. The summed E-state index contributed by atoms with van der Waals surface area (Å²) in [5.41, 5.74) is 0.941. The molecule has 2 aliphatic rings. The summed E-state index contributed by atoms with van der Waals surface area (Å²) in [5, 5.41) is 4.03. The number of carbonyl (C=O) groups is 2. The molecule has 2 fully saturated rings. The fraction of sp³-hybridized carbons (Fsp3) is 0.706. The standard InChI is InChI=1S/C17H26N4O3/c1-13-10-16(18-24-13)12-19-6-8-20(9-7-19)17(23)15-4-3-5-21(11-15)14(2)22/h10,15H,3-9,11-12H2,1-2H3/t15-/m1/s1. The Morgan fingerprint density at radius 1 is 1.21 bits per heavy atom. The van der Waals surface area contributed by atoms with Gasteiger partial charge in [-0.3, -0.25) is 14.5 Å². The predicted molar refractivity (Wildman–Crippen MR) is 88.1 cm³/mol. The third-order valence-electron chi connectivity index (χ3n) is 4.96. The van der Waals surface area contributed by atoms with E-state index in [2.05, 4.69) is 10.1 Å². The molecule has 0 spiro atoms. The van der Waals surface area contributed by atoms with Gasteiger partial charge in [0.1, 0.15) is 5.76 Å². The van der Waals surface area contributed by atoms with E-state index in [0.717, 1.165) is 63.6 Å². The van der Waals surface area contributed by atoms with Crippen molar-refractivity contribution in [1.29, 1.82) is 0 Å². The highest BCUT2D eigenvalue weighted by Gasteiger charge is 2.31. The lowest BCUT2D eigenvalue weighted by Gasteiger charge is -2.38. The summed E-state index contributed by atoms with van der Waals surface area (Å²) in [4.78, 5) is 30.3. The molecule has 2 saturated heterocycles. The fourth-order valence-electron chi connectivity index (χ4n) is 3.57. The molecule has 3 heterocycles. The zero-order valence-electron chi connectivity index (χ0n) is 14.5. The van der Waals surface area contributed by atoms with Gasteiger partial charge in [0.2, 0.25) is 11.8 Å². The van der Waals surface area contributed by atoms with Crippen molar-refractivity contribution in [2.45, 2.75) is 33.2 Å². The van der Waals surface area contributed by atoms with E-state index in [4.69, 9.17) is 4.52 Å². The molecule has 0 aromatic carbocycles. The van der Waals surface area contributed by atoms with Crippen LogP contribution in [0.3, 0.4) is 0 Å². The highest BCUT2D eigenvalue weighted by Crippen LogP contribution is 2.20. The van der Waals surface area contributed by atoms with Crippen LogP contribution in [0.4, 0.5) is 0 Å². The molecule has 24 heavy (non-hydrogen) atoms. The zero-order valence-corrected chi connectivity index (χ0v) is 14.5. The average molecular weight is 334 g/mol. The monoisotopic (exact) mass is 334 g/mol. The van der Waals surface area contributed by atoms with Crippen molar-refractivity contribution in [2.75, 3.05) is 39.3 Å². The lowest BCUT2D eigenvalue weighted by atomic mass is 9.96. The molecule has 1 atom stereocenters. The number of amides is 2. The predicted octanol–water partition coefficient (Wildman–Crippen LogP) is 0.886. The minimum absolute atomic E-state index is 0.0348. The van der Waals surface area contributed by atoms with Gasteiger partial charge in [-0.15, -0.1) is 0 Å². The van der Waals surface area contributed by atoms with Crippen LogP contribution >= 0.6 is 0 Å². The summed E-state index contributed by atoms with van der Waals surface area (Å²) in [5.74, 6) is 1.07. The number of rotatable bonds is 3. The van der Waals surface area contributed by atoms with Crippen LogP contribution < -0.4 is 0 Å². The lowest BCUT2D eigenvalue weighted by molar-refractivity contribution is -0.141. The lowest BCUT2D eigenvalue weighted by Crippen LogP contribution is -2.52. The largest absolute Gasteiger partial charge is 0.361 e. The highest BCUT2D eigenvalue weighted by molar-refractivity contribution is 5.81. The van der Waals surface area contributed by atoms with Gasteiger partial charge >= 0.3 is 0 Å². The molecule has 0 bridgehead atoms. The Labute approximate surface area is 142 Å². The minimum atomic E-state index is -0.0348. The van der Waals surface area contributed by atoms with Crippen LogP contribution in [0.1, 0.15) is 31.2 Å². The van der Waals surface area contributed by atoms with Gasteiger partial charge < -0.3 is 14.3 Å². The molecule has 2 aliphatic heterocycles. The van der Waals surface area contributed by atoms with Gasteiger partial charge in [0.05, 0.1) is 11.6 Å². The number of hydrogen-bond donors (Lipinski definition) is 0. The van der Waals surface area contributed by atoms with E-state index in [-0.39, 0.29) is 17.7 Å². The molecule has 0 N–H and O–H groups in total. The maximum Gasteiger partial charge on any atom is 0.227 e. The molecular formula is C17H26N4O3. The van der Waals surface area contributed by atoms with E-state index < -0.39 is 0 Å². The highest BCUT2D eigenvalue weighted by atomic mass is 16.5. The van der Waals surface area contributed by atoms with Crippen molar-refractivity contribution in [3.63, 3.8) is 0 Å². The molecule has 0 aliphatic carbocycles. The summed E-state index contributed by atoms with van der Waals surface area (Å²) in [7, 11) is 0. The van der Waals surface area contributed by atoms with Crippen LogP contribution in [0.2, 0.25) is 0 Å². The van der Waals surface area contributed by atoms with E-state index >= 15 is 0 Å². The Bertz CT molecular complexity index is 592. The van der Waals surface area contributed by atoms with E-state index in [9.17, 15) is 9.59 Å². The normalized spacial score (nSPS) is 22.7. The number of piperazine rings is 1. The second-order valence-electron chi connectivity index (χ2n) is 6.83. The fourth-order valence-corrected chi connectivity index (χ4v) is 3.57. The number of piperidine rings is 1. The van der Waals surface area contributed by atoms with Gasteiger partial charge in [-0.05, 0) is 19.8 Å². The summed E-state index contributed by atoms with van der Waals surface area (Å²) >= 11 is 0. The van der Waals surface area contributed by atoms with Gasteiger partial charge in [-0.1, -0.05) is 5.16 Å². The van der Waals surface area contributed by atoms with Gasteiger partial charge in [0.25, 0.3) is 0 Å². The SMILES string of the molecule is CC(=O)N1CCC[C@@H](C(=O)N2CCN(Cc3cc(C)on3)CC2)C1. The maximum atomic E-state index is 12.7. The van der Waals surface area contributed by atoms with Crippen LogP contribution in [0.5, 0.6) is 0 Å². The van der Waals surface area contributed by atoms with Crippen molar-refractivity contribution < 1.29 is 14.1 Å². The van der Waals surface area contributed by atoms with Gasteiger partial charge in [-0.25, -0.2) is 0 Å². The third kappa shape index (κ3) is 3.95. The van der Waals surface area contributed by atoms with E-state index in [1.807, 2.05) is 17.9 Å². The van der Waals surface area contributed by atoms with Crippen LogP contribution in [0.25, 0.3) is 0 Å². The van der Waals surface area contributed by atoms with Crippen molar-refractivity contribution in [2.24, 2.45) is 5.92 Å². The van der Waals surface area contributed by atoms with Gasteiger partial charge in [0, 0.05) is 58.8 Å². The topological polar surface area (TPSA) is 69.9 Å². The molecule has 0 radical (unpaired) electrons. The van der Waals surface area contributed by atoms with E-state index in [0.29, 0.717) is 6.54 Å². The molecule has 132 valence electrons. The summed E-state index contributed by atoms with van der Waals surface area (Å²) < 4.78 is 5.10. The van der Waals surface area contributed by atoms with Gasteiger partial charge in [-0.2, -0.15) is 0 Å². The second-order valence-corrected chi connectivity index (χ2v) is 6.83. The first-order valence-electron chi connectivity index (χ1n) is 8.72. The first kappa shape index (κ1) is 17.0. The second kappa shape index (κ2) is 7.34. The number of hydrogen-bond acceptors (Lipinski definition) is 5. The smallest absolute Gasteiger partial charge is 0.227 e. The number of nitrogens with zero attached hydrogens (tertiary/aromatic N) is 4. The number of aryl methyl sites for hydroxylation is 1. The summed E-state index contributed by atoms with van der Waals surface area (Å²) in [6, 6.07) is 1.95. The molecule has 0 saturated carbocycles. The number of likely N-dealkylation sites (tertiary alicyclic amines) is 1. The first-order valence-corrected chi connectivity index (χ1v) is 8.72. The summed E-state index contributed by atoms with van der Waals surface area (Å²) in [6.45, 7) is 8.77. The van der Waals surface area contributed by atoms with Crippen LogP contribution in [0, 0.1) is 12.8 Å². The number of carbonyl (C=O) groups excluding carboxylic acids is 2. The first-order chi connectivity index (χ1) is 11.5. The zero-order chi connectivity index (χ0) is 17.1. The Hall–Kier alpha value is -1.89. The maximum absolute atomic E-state index is 12.7. The molecule has 2 amide bonds. The van der Waals surface area contributed by atoms with E-state index in [1.54, 1.807) is 11.8 Å².